The molecule has 0 aliphatic rings. The maximum atomic E-state index is 9.73. The Labute approximate surface area is 104 Å². The van der Waals surface area contributed by atoms with Crippen LogP contribution >= 0.6 is 0 Å². The van der Waals surface area contributed by atoms with Crippen molar-refractivity contribution in [3.05, 3.63) is 42.0 Å². The molecular weight excluding hydrogens is 212 g/mol. The van der Waals surface area contributed by atoms with Crippen molar-refractivity contribution >= 4 is 5.57 Å². The molecule has 0 aliphatic heterocycles. The first-order valence-electron chi connectivity index (χ1n) is 5.96. The van der Waals surface area contributed by atoms with Gasteiger partial charge in [-0.2, -0.15) is 0 Å². The van der Waals surface area contributed by atoms with Gasteiger partial charge in [-0.15, -0.1) is 0 Å². The predicted molar refractivity (Wildman–Crippen MR) is 71.8 cm³/mol. The Morgan fingerprint density at radius 3 is 2.29 bits per heavy atom. The first-order chi connectivity index (χ1) is 7.80. The van der Waals surface area contributed by atoms with Crippen LogP contribution in [0.25, 0.3) is 5.57 Å². The van der Waals surface area contributed by atoms with Crippen molar-refractivity contribution in [3.63, 3.8) is 0 Å². The maximum Gasteiger partial charge on any atom is 0.0849 e. The number of aryl methyl sites for hydroxylation is 1. The Hall–Kier alpha value is -1.12. The van der Waals surface area contributed by atoms with E-state index in [1.54, 1.807) is 13.8 Å². The van der Waals surface area contributed by atoms with Gasteiger partial charge in [0.2, 0.25) is 0 Å². The van der Waals surface area contributed by atoms with Gasteiger partial charge in [0.15, 0.2) is 0 Å². The van der Waals surface area contributed by atoms with Crippen LogP contribution in [0.5, 0.6) is 0 Å². The summed E-state index contributed by atoms with van der Waals surface area (Å²) in [7, 11) is 0. The average Bonchev–Trinajstić information content (AvgIpc) is 2.25. The van der Waals surface area contributed by atoms with Gasteiger partial charge in [0.1, 0.15) is 0 Å². The summed E-state index contributed by atoms with van der Waals surface area (Å²) in [6, 6.07) is 8.17. The van der Waals surface area contributed by atoms with Crippen molar-refractivity contribution in [2.45, 2.75) is 45.3 Å². The van der Waals surface area contributed by atoms with Gasteiger partial charge >= 0.3 is 0 Å². The monoisotopic (exact) mass is 234 g/mol. The molecule has 2 heteroatoms. The third kappa shape index (κ3) is 4.33. The van der Waals surface area contributed by atoms with Crippen LogP contribution in [0.1, 0.15) is 37.8 Å². The number of aliphatic hydroxyl groups is 2. The summed E-state index contributed by atoms with van der Waals surface area (Å²) in [5.74, 6) is 0. The molecule has 0 aliphatic carbocycles. The molecule has 94 valence electrons. The lowest BCUT2D eigenvalue weighted by atomic mass is 9.93. The molecule has 2 nitrogen and oxygen atoms in total. The molecule has 0 radical (unpaired) electrons. The average molecular weight is 234 g/mol. The Bertz CT molecular complexity index is 371. The lowest BCUT2D eigenvalue weighted by molar-refractivity contribution is -0.0504. The zero-order chi connectivity index (χ0) is 13.1. The summed E-state index contributed by atoms with van der Waals surface area (Å²) in [5.41, 5.74) is 2.26. The SMILES string of the molecule is C=C(CC[C@H](O)C(C)(C)O)c1ccc(C)cc1. The highest BCUT2D eigenvalue weighted by Crippen LogP contribution is 2.22. The van der Waals surface area contributed by atoms with Gasteiger partial charge in [0.05, 0.1) is 11.7 Å². The normalized spacial score (nSPS) is 13.5. The van der Waals surface area contributed by atoms with Crippen LogP contribution in [-0.4, -0.2) is 21.9 Å². The molecule has 2 N–H and O–H groups in total. The summed E-state index contributed by atoms with van der Waals surface area (Å²) in [5, 5.41) is 19.4. The van der Waals surface area contributed by atoms with Crippen molar-refractivity contribution in [1.29, 1.82) is 0 Å². The Morgan fingerprint density at radius 2 is 1.82 bits per heavy atom. The Morgan fingerprint density at radius 1 is 1.29 bits per heavy atom. The van der Waals surface area contributed by atoms with E-state index < -0.39 is 11.7 Å². The molecule has 0 aromatic heterocycles. The molecule has 0 fully saturated rings. The third-order valence-electron chi connectivity index (χ3n) is 2.99. The van der Waals surface area contributed by atoms with E-state index in [1.165, 1.54) is 5.56 Å². The van der Waals surface area contributed by atoms with E-state index in [0.29, 0.717) is 12.8 Å². The topological polar surface area (TPSA) is 40.5 Å². The van der Waals surface area contributed by atoms with E-state index >= 15 is 0 Å². The number of benzene rings is 1. The number of hydrogen-bond acceptors (Lipinski definition) is 2. The van der Waals surface area contributed by atoms with Crippen LogP contribution in [-0.2, 0) is 0 Å². The highest BCUT2D eigenvalue weighted by Gasteiger charge is 2.23. The van der Waals surface area contributed by atoms with E-state index in [4.69, 9.17) is 0 Å². The number of rotatable bonds is 5. The highest BCUT2D eigenvalue weighted by molar-refractivity contribution is 5.63. The molecular formula is C15H22O2. The minimum atomic E-state index is -1.05. The minimum absolute atomic E-state index is 0.524. The van der Waals surface area contributed by atoms with Crippen molar-refractivity contribution in [2.24, 2.45) is 0 Å². The van der Waals surface area contributed by atoms with Crippen molar-refractivity contribution in [1.82, 2.24) is 0 Å². The van der Waals surface area contributed by atoms with Gasteiger partial charge in [-0.05, 0) is 44.7 Å². The second kappa shape index (κ2) is 5.48. The van der Waals surface area contributed by atoms with Gasteiger partial charge in [0.25, 0.3) is 0 Å². The molecule has 0 unspecified atom stereocenters. The van der Waals surface area contributed by atoms with E-state index in [-0.39, 0.29) is 0 Å². The molecule has 0 saturated heterocycles. The molecule has 1 aromatic carbocycles. The molecule has 0 saturated carbocycles. The molecule has 0 bridgehead atoms. The smallest absolute Gasteiger partial charge is 0.0849 e. The van der Waals surface area contributed by atoms with Gasteiger partial charge in [-0.1, -0.05) is 36.4 Å². The Balaban J connectivity index is 2.53. The summed E-state index contributed by atoms with van der Waals surface area (Å²) in [6.45, 7) is 9.30. The highest BCUT2D eigenvalue weighted by atomic mass is 16.3. The standard InChI is InChI=1S/C15H22O2/c1-11-5-8-13(9-6-11)12(2)7-10-14(16)15(3,4)17/h5-6,8-9,14,16-17H,2,7,10H2,1,3-4H3/t14-/m0/s1. The second-order valence-corrected chi connectivity index (χ2v) is 5.18. The summed E-state index contributed by atoms with van der Waals surface area (Å²) < 4.78 is 0. The van der Waals surface area contributed by atoms with Crippen LogP contribution in [0.3, 0.4) is 0 Å². The van der Waals surface area contributed by atoms with Crippen molar-refractivity contribution in [3.8, 4) is 0 Å². The predicted octanol–water partition coefficient (Wildman–Crippen LogP) is 2.92. The van der Waals surface area contributed by atoms with E-state index in [9.17, 15) is 10.2 Å². The van der Waals surface area contributed by atoms with E-state index in [0.717, 1.165) is 11.1 Å². The zero-order valence-electron chi connectivity index (χ0n) is 10.9. The van der Waals surface area contributed by atoms with Crippen molar-refractivity contribution < 1.29 is 10.2 Å². The van der Waals surface area contributed by atoms with Gasteiger partial charge in [0, 0.05) is 0 Å². The van der Waals surface area contributed by atoms with Crippen LogP contribution in [0.15, 0.2) is 30.8 Å². The van der Waals surface area contributed by atoms with Crippen LogP contribution in [0.4, 0.5) is 0 Å². The fraction of sp³-hybridized carbons (Fsp3) is 0.467. The molecule has 1 rings (SSSR count). The first-order valence-corrected chi connectivity index (χ1v) is 5.96. The molecule has 0 amide bonds. The fourth-order valence-corrected chi connectivity index (χ4v) is 1.60. The maximum absolute atomic E-state index is 9.73. The lowest BCUT2D eigenvalue weighted by Crippen LogP contribution is -2.35. The molecule has 0 spiro atoms. The molecule has 0 heterocycles. The number of hydrogen-bond donors (Lipinski definition) is 2. The third-order valence-corrected chi connectivity index (χ3v) is 2.99. The summed E-state index contributed by atoms with van der Waals surface area (Å²) >= 11 is 0. The number of aliphatic hydroxyl groups excluding tert-OH is 1. The largest absolute Gasteiger partial charge is 0.390 e. The second-order valence-electron chi connectivity index (χ2n) is 5.18. The molecule has 1 aromatic rings. The lowest BCUT2D eigenvalue weighted by Gasteiger charge is -2.24. The number of allylic oxidation sites excluding steroid dienone is 1. The van der Waals surface area contributed by atoms with Gasteiger partial charge < -0.3 is 10.2 Å². The molecule has 17 heavy (non-hydrogen) atoms. The first kappa shape index (κ1) is 13.9. The Kier molecular flexibility index (Phi) is 4.49. The van der Waals surface area contributed by atoms with E-state index in [2.05, 4.69) is 6.58 Å². The zero-order valence-corrected chi connectivity index (χ0v) is 10.9. The van der Waals surface area contributed by atoms with E-state index in [1.807, 2.05) is 31.2 Å². The van der Waals surface area contributed by atoms with Crippen molar-refractivity contribution in [2.75, 3.05) is 0 Å². The minimum Gasteiger partial charge on any atom is -0.390 e. The van der Waals surface area contributed by atoms with Gasteiger partial charge in [-0.25, -0.2) is 0 Å². The summed E-state index contributed by atoms with van der Waals surface area (Å²) in [4.78, 5) is 0. The quantitative estimate of drug-likeness (QED) is 0.822. The van der Waals surface area contributed by atoms with Crippen LogP contribution < -0.4 is 0 Å². The molecule has 1 atom stereocenters. The van der Waals surface area contributed by atoms with Crippen LogP contribution in [0, 0.1) is 6.92 Å². The summed E-state index contributed by atoms with van der Waals surface area (Å²) in [6.07, 6.45) is 0.495. The van der Waals surface area contributed by atoms with Gasteiger partial charge in [-0.3, -0.25) is 0 Å². The fourth-order valence-electron chi connectivity index (χ4n) is 1.60. The van der Waals surface area contributed by atoms with Crippen LogP contribution in [0.2, 0.25) is 0 Å².